The van der Waals surface area contributed by atoms with Gasteiger partial charge in [-0.2, -0.15) is 0 Å². The summed E-state index contributed by atoms with van der Waals surface area (Å²) in [6.07, 6.45) is 9.59. The number of nitrogens with zero attached hydrogens (tertiary/aromatic N) is 1. The second-order valence-electron chi connectivity index (χ2n) is 8.01. The van der Waals surface area contributed by atoms with Crippen LogP contribution in [0.2, 0.25) is 0 Å². The molecule has 1 saturated heterocycles. The zero-order chi connectivity index (χ0) is 19.0. The molecule has 0 unspecified atom stereocenters. The SMILES string of the molecule is Fc1cccc(-c2ccc(NC[C@H]3[C@@H]4CC=CC[C@@H]4CC34OCCO4)nc2)c1. The van der Waals surface area contributed by atoms with Gasteiger partial charge in [-0.3, -0.25) is 0 Å². The predicted molar refractivity (Wildman–Crippen MR) is 106 cm³/mol. The number of fused-ring (bicyclic) bond motifs is 1. The molecule has 5 heteroatoms. The third-order valence-corrected chi connectivity index (χ3v) is 6.45. The first-order valence-corrected chi connectivity index (χ1v) is 10.1. The molecule has 3 aliphatic rings. The number of halogens is 1. The fourth-order valence-corrected chi connectivity index (χ4v) is 5.12. The van der Waals surface area contributed by atoms with E-state index in [4.69, 9.17) is 9.47 Å². The van der Waals surface area contributed by atoms with E-state index in [2.05, 4.69) is 22.5 Å². The highest BCUT2D eigenvalue weighted by molar-refractivity contribution is 5.63. The highest BCUT2D eigenvalue weighted by Crippen LogP contribution is 2.53. The van der Waals surface area contributed by atoms with Crippen LogP contribution in [0, 0.1) is 23.6 Å². The summed E-state index contributed by atoms with van der Waals surface area (Å²) in [5.41, 5.74) is 1.74. The largest absolute Gasteiger partial charge is 0.370 e. The van der Waals surface area contributed by atoms with Gasteiger partial charge in [-0.1, -0.05) is 24.3 Å². The number of pyridine rings is 1. The molecular weight excluding hydrogens is 355 g/mol. The summed E-state index contributed by atoms with van der Waals surface area (Å²) >= 11 is 0. The zero-order valence-corrected chi connectivity index (χ0v) is 15.8. The molecule has 0 amide bonds. The van der Waals surface area contributed by atoms with Crippen LogP contribution in [0.1, 0.15) is 19.3 Å². The number of ether oxygens (including phenoxy) is 2. The molecule has 2 aromatic rings. The van der Waals surface area contributed by atoms with Gasteiger partial charge < -0.3 is 14.8 Å². The molecule has 3 atom stereocenters. The second kappa shape index (κ2) is 7.30. The Morgan fingerprint density at radius 3 is 2.71 bits per heavy atom. The molecule has 1 aromatic carbocycles. The van der Waals surface area contributed by atoms with Crippen LogP contribution in [-0.2, 0) is 9.47 Å². The van der Waals surface area contributed by atoms with E-state index in [9.17, 15) is 4.39 Å². The van der Waals surface area contributed by atoms with E-state index in [1.807, 2.05) is 18.2 Å². The number of allylic oxidation sites excluding steroid dienone is 2. The van der Waals surface area contributed by atoms with Crippen molar-refractivity contribution in [3.8, 4) is 11.1 Å². The molecule has 4 nitrogen and oxygen atoms in total. The van der Waals surface area contributed by atoms with E-state index < -0.39 is 5.79 Å². The summed E-state index contributed by atoms with van der Waals surface area (Å²) in [5.74, 6) is 1.69. The minimum atomic E-state index is -0.435. The quantitative estimate of drug-likeness (QED) is 0.785. The minimum Gasteiger partial charge on any atom is -0.370 e. The number of benzene rings is 1. The monoisotopic (exact) mass is 380 g/mol. The Labute approximate surface area is 164 Å². The smallest absolute Gasteiger partial charge is 0.173 e. The fourth-order valence-electron chi connectivity index (χ4n) is 5.12. The molecule has 1 N–H and O–H groups in total. The van der Waals surface area contributed by atoms with Gasteiger partial charge in [0.15, 0.2) is 5.79 Å². The molecule has 1 spiro atoms. The van der Waals surface area contributed by atoms with Gasteiger partial charge in [0.25, 0.3) is 0 Å². The summed E-state index contributed by atoms with van der Waals surface area (Å²) < 4.78 is 25.7. The number of aromatic nitrogens is 1. The minimum absolute atomic E-state index is 0.237. The molecule has 2 fully saturated rings. The molecule has 0 radical (unpaired) electrons. The van der Waals surface area contributed by atoms with E-state index in [-0.39, 0.29) is 5.82 Å². The summed E-state index contributed by atoms with van der Waals surface area (Å²) in [7, 11) is 0. The average molecular weight is 380 g/mol. The maximum absolute atomic E-state index is 13.4. The third kappa shape index (κ3) is 3.23. The van der Waals surface area contributed by atoms with Crippen molar-refractivity contribution in [1.82, 2.24) is 4.98 Å². The van der Waals surface area contributed by atoms with Gasteiger partial charge in [-0.25, -0.2) is 9.37 Å². The Morgan fingerprint density at radius 2 is 1.93 bits per heavy atom. The van der Waals surface area contributed by atoms with Crippen LogP contribution in [0.15, 0.2) is 54.7 Å². The number of hydrogen-bond acceptors (Lipinski definition) is 4. The van der Waals surface area contributed by atoms with Crippen molar-refractivity contribution in [2.24, 2.45) is 17.8 Å². The first-order chi connectivity index (χ1) is 13.7. The van der Waals surface area contributed by atoms with Crippen molar-refractivity contribution in [2.75, 3.05) is 25.1 Å². The number of hydrogen-bond donors (Lipinski definition) is 1. The summed E-state index contributed by atoms with van der Waals surface area (Å²) in [6, 6.07) is 10.5. The van der Waals surface area contributed by atoms with E-state index in [0.717, 1.165) is 42.8 Å². The predicted octanol–water partition coefficient (Wildman–Crippen LogP) is 4.65. The maximum Gasteiger partial charge on any atom is 0.173 e. The van der Waals surface area contributed by atoms with Crippen LogP contribution in [0.25, 0.3) is 11.1 Å². The van der Waals surface area contributed by atoms with E-state index >= 15 is 0 Å². The Hall–Kier alpha value is -2.24. The lowest BCUT2D eigenvalue weighted by Crippen LogP contribution is -2.40. The standard InChI is InChI=1S/C23H25FN2O2/c24-19-6-3-5-16(12-19)18-8-9-22(25-14-18)26-15-21-20-7-2-1-4-17(20)13-23(21)27-10-11-28-23/h1-3,5-6,8-9,12,14,17,20-21H,4,7,10-11,13,15H2,(H,25,26)/t17-,20-,21+/m1/s1. The summed E-state index contributed by atoms with van der Waals surface area (Å²) in [6.45, 7) is 2.15. The second-order valence-corrected chi connectivity index (χ2v) is 8.01. The van der Waals surface area contributed by atoms with Crippen LogP contribution in [-0.4, -0.2) is 30.5 Å². The molecular formula is C23H25FN2O2. The Morgan fingerprint density at radius 1 is 1.07 bits per heavy atom. The van der Waals surface area contributed by atoms with E-state index in [1.54, 1.807) is 12.3 Å². The molecule has 1 saturated carbocycles. The van der Waals surface area contributed by atoms with Gasteiger partial charge in [-0.15, -0.1) is 0 Å². The maximum atomic E-state index is 13.4. The summed E-state index contributed by atoms with van der Waals surface area (Å²) in [5, 5.41) is 3.49. The van der Waals surface area contributed by atoms with Crippen molar-refractivity contribution in [3.05, 3.63) is 60.6 Å². The van der Waals surface area contributed by atoms with Crippen molar-refractivity contribution in [1.29, 1.82) is 0 Å². The highest BCUT2D eigenvalue weighted by atomic mass is 19.1. The van der Waals surface area contributed by atoms with Crippen molar-refractivity contribution in [3.63, 3.8) is 0 Å². The Balaban J connectivity index is 1.30. The molecule has 1 aromatic heterocycles. The molecule has 2 heterocycles. The fraction of sp³-hybridized carbons (Fsp3) is 0.435. The molecule has 5 rings (SSSR count). The van der Waals surface area contributed by atoms with Gasteiger partial charge in [0.2, 0.25) is 0 Å². The van der Waals surface area contributed by atoms with Gasteiger partial charge in [0.05, 0.1) is 13.2 Å². The first-order valence-electron chi connectivity index (χ1n) is 10.1. The summed E-state index contributed by atoms with van der Waals surface area (Å²) in [4.78, 5) is 4.54. The molecule has 0 bridgehead atoms. The highest BCUT2D eigenvalue weighted by Gasteiger charge is 2.56. The third-order valence-electron chi connectivity index (χ3n) is 6.45. The Kier molecular flexibility index (Phi) is 4.65. The van der Waals surface area contributed by atoms with Gasteiger partial charge >= 0.3 is 0 Å². The van der Waals surface area contributed by atoms with E-state index in [1.165, 1.54) is 12.1 Å². The number of rotatable bonds is 4. The van der Waals surface area contributed by atoms with Crippen molar-refractivity contribution in [2.45, 2.75) is 25.0 Å². The molecule has 1 aliphatic heterocycles. The van der Waals surface area contributed by atoms with Gasteiger partial charge in [0, 0.05) is 30.6 Å². The van der Waals surface area contributed by atoms with E-state index in [0.29, 0.717) is 31.0 Å². The van der Waals surface area contributed by atoms with Crippen LogP contribution in [0.3, 0.4) is 0 Å². The molecule has 2 aliphatic carbocycles. The van der Waals surface area contributed by atoms with Crippen LogP contribution in [0.5, 0.6) is 0 Å². The molecule has 28 heavy (non-hydrogen) atoms. The van der Waals surface area contributed by atoms with Crippen LogP contribution in [0.4, 0.5) is 10.2 Å². The van der Waals surface area contributed by atoms with Crippen molar-refractivity contribution >= 4 is 5.82 Å². The zero-order valence-electron chi connectivity index (χ0n) is 15.8. The van der Waals surface area contributed by atoms with Gasteiger partial charge in [0.1, 0.15) is 11.6 Å². The molecule has 146 valence electrons. The van der Waals surface area contributed by atoms with Gasteiger partial charge in [-0.05, 0) is 54.5 Å². The van der Waals surface area contributed by atoms with Crippen LogP contribution >= 0.6 is 0 Å². The Bertz CT molecular complexity index is 861. The number of anilines is 1. The van der Waals surface area contributed by atoms with Crippen LogP contribution < -0.4 is 5.32 Å². The first kappa shape index (κ1) is 17.8. The number of nitrogens with one attached hydrogen (secondary N) is 1. The van der Waals surface area contributed by atoms with Crippen molar-refractivity contribution < 1.29 is 13.9 Å². The average Bonchev–Trinajstić information content (AvgIpc) is 3.31. The lowest BCUT2D eigenvalue weighted by atomic mass is 9.81. The lowest BCUT2D eigenvalue weighted by molar-refractivity contribution is -0.183. The normalized spacial score (nSPS) is 27.8. The topological polar surface area (TPSA) is 43.4 Å². The lowest BCUT2D eigenvalue weighted by Gasteiger charge is -2.32.